The standard InChI is InChI=1S/C15H22ClN/c1-2-10-17-15(11-12-4-3-5-12)13-6-8-14(16)9-7-13/h6-9,12,15,17H,2-5,10-11H2,1H3. The summed E-state index contributed by atoms with van der Waals surface area (Å²) < 4.78 is 0. The van der Waals surface area contributed by atoms with Gasteiger partial charge in [0.1, 0.15) is 0 Å². The van der Waals surface area contributed by atoms with E-state index in [-0.39, 0.29) is 0 Å². The third-order valence-electron chi connectivity index (χ3n) is 3.71. The summed E-state index contributed by atoms with van der Waals surface area (Å²) in [4.78, 5) is 0. The highest BCUT2D eigenvalue weighted by Crippen LogP contribution is 2.34. The van der Waals surface area contributed by atoms with Gasteiger partial charge >= 0.3 is 0 Å². The Bertz CT molecular complexity index is 329. The average Bonchev–Trinajstić information content (AvgIpc) is 2.28. The summed E-state index contributed by atoms with van der Waals surface area (Å²) in [5.74, 6) is 0.931. The third-order valence-corrected chi connectivity index (χ3v) is 3.96. The number of halogens is 1. The fourth-order valence-corrected chi connectivity index (χ4v) is 2.54. The molecule has 1 atom stereocenters. The van der Waals surface area contributed by atoms with E-state index in [1.54, 1.807) is 0 Å². The minimum Gasteiger partial charge on any atom is -0.310 e. The molecule has 1 aliphatic carbocycles. The molecule has 0 aliphatic heterocycles. The van der Waals surface area contributed by atoms with Crippen molar-refractivity contribution in [3.63, 3.8) is 0 Å². The zero-order valence-electron chi connectivity index (χ0n) is 10.6. The van der Waals surface area contributed by atoms with Crippen molar-refractivity contribution in [3.8, 4) is 0 Å². The molecule has 1 N–H and O–H groups in total. The molecule has 0 spiro atoms. The molecule has 2 heteroatoms. The van der Waals surface area contributed by atoms with E-state index in [4.69, 9.17) is 11.6 Å². The van der Waals surface area contributed by atoms with Crippen LogP contribution in [0.3, 0.4) is 0 Å². The van der Waals surface area contributed by atoms with Crippen molar-refractivity contribution >= 4 is 11.6 Å². The first-order chi connectivity index (χ1) is 8.29. The smallest absolute Gasteiger partial charge is 0.0406 e. The van der Waals surface area contributed by atoms with Crippen LogP contribution in [0.4, 0.5) is 0 Å². The number of benzene rings is 1. The second kappa shape index (κ2) is 6.42. The minimum atomic E-state index is 0.512. The van der Waals surface area contributed by atoms with Gasteiger partial charge in [-0.15, -0.1) is 0 Å². The van der Waals surface area contributed by atoms with Crippen LogP contribution >= 0.6 is 11.6 Å². The van der Waals surface area contributed by atoms with Crippen LogP contribution in [0, 0.1) is 5.92 Å². The lowest BCUT2D eigenvalue weighted by molar-refractivity contribution is 0.261. The number of nitrogens with one attached hydrogen (secondary N) is 1. The summed E-state index contributed by atoms with van der Waals surface area (Å²) in [5.41, 5.74) is 1.38. The minimum absolute atomic E-state index is 0.512. The molecule has 94 valence electrons. The first kappa shape index (κ1) is 12.9. The molecular formula is C15H22ClN. The fraction of sp³-hybridized carbons (Fsp3) is 0.600. The van der Waals surface area contributed by atoms with Gasteiger partial charge in [-0.25, -0.2) is 0 Å². The van der Waals surface area contributed by atoms with E-state index in [9.17, 15) is 0 Å². The van der Waals surface area contributed by atoms with Crippen LogP contribution in [0.2, 0.25) is 5.02 Å². The molecule has 1 nitrogen and oxygen atoms in total. The summed E-state index contributed by atoms with van der Waals surface area (Å²) >= 11 is 5.94. The van der Waals surface area contributed by atoms with Crippen molar-refractivity contribution in [1.82, 2.24) is 5.32 Å². The molecule has 1 aliphatic rings. The Balaban J connectivity index is 1.99. The molecular weight excluding hydrogens is 230 g/mol. The molecule has 1 fully saturated rings. The maximum absolute atomic E-state index is 5.94. The quantitative estimate of drug-likeness (QED) is 0.781. The summed E-state index contributed by atoms with van der Waals surface area (Å²) in [6.45, 7) is 3.31. The van der Waals surface area contributed by atoms with E-state index in [1.165, 1.54) is 37.7 Å². The topological polar surface area (TPSA) is 12.0 Å². The van der Waals surface area contributed by atoms with Gasteiger partial charge in [0, 0.05) is 11.1 Å². The Kier molecular flexibility index (Phi) is 4.87. The number of hydrogen-bond acceptors (Lipinski definition) is 1. The molecule has 0 aromatic heterocycles. The van der Waals surface area contributed by atoms with Gasteiger partial charge in [-0.2, -0.15) is 0 Å². The molecule has 17 heavy (non-hydrogen) atoms. The maximum Gasteiger partial charge on any atom is 0.0406 e. The predicted octanol–water partition coefficient (Wildman–Crippen LogP) is 4.57. The van der Waals surface area contributed by atoms with Gasteiger partial charge in [-0.05, 0) is 43.0 Å². The van der Waals surface area contributed by atoms with Crippen LogP contribution in [0.1, 0.15) is 50.6 Å². The van der Waals surface area contributed by atoms with E-state index in [1.807, 2.05) is 12.1 Å². The first-order valence-corrected chi connectivity index (χ1v) is 7.16. The van der Waals surface area contributed by atoms with E-state index in [0.29, 0.717) is 6.04 Å². The Morgan fingerprint density at radius 3 is 2.53 bits per heavy atom. The van der Waals surface area contributed by atoms with Crippen molar-refractivity contribution in [2.75, 3.05) is 6.54 Å². The van der Waals surface area contributed by atoms with Crippen molar-refractivity contribution in [2.24, 2.45) is 5.92 Å². The van der Waals surface area contributed by atoms with Gasteiger partial charge in [-0.1, -0.05) is 49.9 Å². The highest BCUT2D eigenvalue weighted by Gasteiger charge is 2.22. The van der Waals surface area contributed by atoms with E-state index in [2.05, 4.69) is 24.4 Å². The second-order valence-corrected chi connectivity index (χ2v) is 5.53. The molecule has 1 aromatic rings. The lowest BCUT2D eigenvalue weighted by Crippen LogP contribution is -2.26. The van der Waals surface area contributed by atoms with Crippen LogP contribution in [-0.2, 0) is 0 Å². The van der Waals surface area contributed by atoms with Crippen LogP contribution in [-0.4, -0.2) is 6.54 Å². The number of hydrogen-bond donors (Lipinski definition) is 1. The zero-order valence-corrected chi connectivity index (χ0v) is 11.3. The molecule has 0 heterocycles. The molecule has 1 unspecified atom stereocenters. The average molecular weight is 252 g/mol. The van der Waals surface area contributed by atoms with Crippen LogP contribution in [0.15, 0.2) is 24.3 Å². The van der Waals surface area contributed by atoms with Crippen LogP contribution in [0.25, 0.3) is 0 Å². The predicted molar refractivity (Wildman–Crippen MR) is 74.4 cm³/mol. The first-order valence-electron chi connectivity index (χ1n) is 6.78. The van der Waals surface area contributed by atoms with Crippen LogP contribution < -0.4 is 5.32 Å². The lowest BCUT2D eigenvalue weighted by Gasteiger charge is -2.30. The van der Waals surface area contributed by atoms with Gasteiger partial charge in [-0.3, -0.25) is 0 Å². The van der Waals surface area contributed by atoms with E-state index >= 15 is 0 Å². The van der Waals surface area contributed by atoms with Crippen molar-refractivity contribution in [2.45, 2.75) is 45.1 Å². The summed E-state index contributed by atoms with van der Waals surface area (Å²) in [6.07, 6.45) is 6.72. The van der Waals surface area contributed by atoms with Crippen LogP contribution in [0.5, 0.6) is 0 Å². The Morgan fingerprint density at radius 2 is 2.00 bits per heavy atom. The maximum atomic E-state index is 5.94. The highest BCUT2D eigenvalue weighted by atomic mass is 35.5. The second-order valence-electron chi connectivity index (χ2n) is 5.09. The largest absolute Gasteiger partial charge is 0.310 e. The molecule has 0 saturated heterocycles. The van der Waals surface area contributed by atoms with E-state index in [0.717, 1.165) is 17.5 Å². The molecule has 0 radical (unpaired) electrons. The monoisotopic (exact) mass is 251 g/mol. The Hall–Kier alpha value is -0.530. The van der Waals surface area contributed by atoms with Crippen molar-refractivity contribution in [1.29, 1.82) is 0 Å². The van der Waals surface area contributed by atoms with Gasteiger partial charge < -0.3 is 5.32 Å². The summed E-state index contributed by atoms with van der Waals surface area (Å²) in [7, 11) is 0. The van der Waals surface area contributed by atoms with Gasteiger partial charge in [0.25, 0.3) is 0 Å². The molecule has 2 rings (SSSR count). The van der Waals surface area contributed by atoms with Gasteiger partial charge in [0.15, 0.2) is 0 Å². The normalized spacial score (nSPS) is 17.8. The van der Waals surface area contributed by atoms with Gasteiger partial charge in [0.2, 0.25) is 0 Å². The van der Waals surface area contributed by atoms with Gasteiger partial charge in [0.05, 0.1) is 0 Å². The van der Waals surface area contributed by atoms with Crippen molar-refractivity contribution < 1.29 is 0 Å². The number of rotatable bonds is 6. The Morgan fingerprint density at radius 1 is 1.29 bits per heavy atom. The SMILES string of the molecule is CCCNC(CC1CCC1)c1ccc(Cl)cc1. The molecule has 1 aromatic carbocycles. The fourth-order valence-electron chi connectivity index (χ4n) is 2.41. The van der Waals surface area contributed by atoms with Crippen molar-refractivity contribution in [3.05, 3.63) is 34.9 Å². The molecule has 1 saturated carbocycles. The molecule has 0 bridgehead atoms. The molecule has 0 amide bonds. The highest BCUT2D eigenvalue weighted by molar-refractivity contribution is 6.30. The van der Waals surface area contributed by atoms with E-state index < -0.39 is 0 Å². The summed E-state index contributed by atoms with van der Waals surface area (Å²) in [6, 6.07) is 8.83. The third kappa shape index (κ3) is 3.72. The zero-order chi connectivity index (χ0) is 12.1. The Labute approximate surface area is 110 Å². The lowest BCUT2D eigenvalue weighted by atomic mass is 9.79. The summed E-state index contributed by atoms with van der Waals surface area (Å²) in [5, 5.41) is 4.49.